The fourth-order valence-corrected chi connectivity index (χ4v) is 6.22. The van der Waals surface area contributed by atoms with Crippen LogP contribution >= 0.6 is 11.8 Å². The molecule has 0 aromatic rings. The number of hydrogen-bond acceptors (Lipinski definition) is 6. The van der Waals surface area contributed by atoms with Gasteiger partial charge in [-0.05, 0) is 13.3 Å². The van der Waals surface area contributed by atoms with E-state index in [1.807, 2.05) is 0 Å². The number of alkyl halides is 3. The summed E-state index contributed by atoms with van der Waals surface area (Å²) in [4.78, 5) is 51.9. The minimum absolute atomic E-state index is 0.0764. The van der Waals surface area contributed by atoms with Gasteiger partial charge >= 0.3 is 12.1 Å². The summed E-state index contributed by atoms with van der Waals surface area (Å²) in [5.74, 6) is -4.32. The topological polar surface area (TPSA) is 119 Å². The zero-order valence-corrected chi connectivity index (χ0v) is 19.4. The first-order chi connectivity index (χ1) is 15.2. The molecule has 0 aliphatic carbocycles. The maximum atomic E-state index is 12.8. The predicted molar refractivity (Wildman–Crippen MR) is 113 cm³/mol. The number of halogens is 3. The van der Waals surface area contributed by atoms with Crippen molar-refractivity contribution >= 4 is 35.5 Å². The van der Waals surface area contributed by atoms with Crippen LogP contribution in [0.4, 0.5) is 13.2 Å². The molecule has 0 bridgehead atoms. The number of thioether (sulfide) groups is 1. The van der Waals surface area contributed by atoms with Crippen molar-refractivity contribution in [2.75, 3.05) is 20.6 Å². The number of carboxylic acids is 1. The number of rotatable bonds is 7. The zero-order valence-electron chi connectivity index (χ0n) is 18.6. The molecule has 3 rings (SSSR count). The van der Waals surface area contributed by atoms with E-state index in [0.29, 0.717) is 17.9 Å². The van der Waals surface area contributed by atoms with Gasteiger partial charge in [-0.3, -0.25) is 14.4 Å². The van der Waals surface area contributed by atoms with Crippen molar-refractivity contribution in [2.24, 2.45) is 11.8 Å². The molecule has 2 saturated heterocycles. The molecule has 0 saturated carbocycles. The van der Waals surface area contributed by atoms with Crippen LogP contribution < -0.4 is 10.6 Å². The largest absolute Gasteiger partial charge is 0.477 e. The third kappa shape index (κ3) is 4.98. The average Bonchev–Trinajstić information content (AvgIpc) is 3.22. The number of nitrogens with one attached hydrogen (secondary N) is 2. The lowest BCUT2D eigenvalue weighted by molar-refractivity contribution is -0.160. The van der Waals surface area contributed by atoms with Gasteiger partial charge in [-0.1, -0.05) is 6.92 Å². The summed E-state index contributed by atoms with van der Waals surface area (Å²) in [7, 11) is 3.31. The van der Waals surface area contributed by atoms with Gasteiger partial charge in [-0.25, -0.2) is 4.79 Å². The minimum atomic E-state index is -4.66. The summed E-state index contributed by atoms with van der Waals surface area (Å²) in [6, 6.07) is -1.83. The van der Waals surface area contributed by atoms with Crippen LogP contribution in [0.5, 0.6) is 0 Å². The lowest BCUT2D eigenvalue weighted by atomic mass is 9.78. The Kier molecular flexibility index (Phi) is 7.04. The molecule has 3 aliphatic rings. The predicted octanol–water partition coefficient (Wildman–Crippen LogP) is 0.768. The fraction of sp³-hybridized carbons (Fsp3) is 0.700. The van der Waals surface area contributed by atoms with Gasteiger partial charge in [-0.15, -0.1) is 11.8 Å². The van der Waals surface area contributed by atoms with Crippen molar-refractivity contribution in [2.45, 2.75) is 56.2 Å². The molecule has 0 aromatic carbocycles. The molecule has 3 aliphatic heterocycles. The second kappa shape index (κ2) is 9.16. The molecule has 3 heterocycles. The van der Waals surface area contributed by atoms with Crippen molar-refractivity contribution in [3.63, 3.8) is 0 Å². The van der Waals surface area contributed by atoms with Crippen LogP contribution in [-0.2, 0) is 19.2 Å². The van der Waals surface area contributed by atoms with Crippen LogP contribution in [-0.4, -0.2) is 88.8 Å². The molecule has 3 amide bonds. The molecule has 184 valence electrons. The SMILES string of the molecule is C[C@@H](NC(=O)CC(F)(F)F)[C@H]1C(=O)N2C(C(=O)O)=C(S[C@@H]3CN[C@H](C(=O)N(C)C)C3)[C@H](C)[C@H]12. The number of carbonyl (C=O) groups excluding carboxylic acids is 3. The number of hydrogen-bond donors (Lipinski definition) is 3. The summed E-state index contributed by atoms with van der Waals surface area (Å²) in [6.07, 6.45) is -5.82. The number of aliphatic carboxylic acids is 1. The van der Waals surface area contributed by atoms with E-state index in [4.69, 9.17) is 0 Å². The van der Waals surface area contributed by atoms with Crippen LogP contribution in [0.3, 0.4) is 0 Å². The maximum absolute atomic E-state index is 12.8. The first-order valence-electron chi connectivity index (χ1n) is 10.5. The Hall–Kier alpha value is -2.28. The van der Waals surface area contributed by atoms with E-state index >= 15 is 0 Å². The van der Waals surface area contributed by atoms with E-state index in [9.17, 15) is 37.5 Å². The molecule has 3 N–H and O–H groups in total. The van der Waals surface area contributed by atoms with Gasteiger partial charge < -0.3 is 25.5 Å². The molecule has 2 fully saturated rings. The van der Waals surface area contributed by atoms with E-state index in [-0.39, 0.29) is 28.8 Å². The van der Waals surface area contributed by atoms with Gasteiger partial charge in [0.1, 0.15) is 12.1 Å². The van der Waals surface area contributed by atoms with Gasteiger partial charge in [0.25, 0.3) is 0 Å². The summed E-state index contributed by atoms with van der Waals surface area (Å²) < 4.78 is 37.4. The third-order valence-electron chi connectivity index (χ3n) is 6.20. The van der Waals surface area contributed by atoms with Gasteiger partial charge in [-0.2, -0.15) is 13.2 Å². The highest BCUT2D eigenvalue weighted by molar-refractivity contribution is 8.03. The van der Waals surface area contributed by atoms with Crippen LogP contribution in [0.1, 0.15) is 26.7 Å². The van der Waals surface area contributed by atoms with Crippen LogP contribution in [0.2, 0.25) is 0 Å². The summed E-state index contributed by atoms with van der Waals surface area (Å²) >= 11 is 1.31. The maximum Gasteiger partial charge on any atom is 0.397 e. The van der Waals surface area contributed by atoms with E-state index in [1.54, 1.807) is 21.0 Å². The van der Waals surface area contributed by atoms with Gasteiger partial charge in [0.05, 0.1) is 18.0 Å². The molecule has 33 heavy (non-hydrogen) atoms. The first-order valence-corrected chi connectivity index (χ1v) is 11.4. The third-order valence-corrected chi connectivity index (χ3v) is 7.71. The van der Waals surface area contributed by atoms with E-state index in [1.165, 1.54) is 28.5 Å². The molecule has 9 nitrogen and oxygen atoms in total. The van der Waals surface area contributed by atoms with Crippen LogP contribution in [0, 0.1) is 11.8 Å². The van der Waals surface area contributed by atoms with E-state index < -0.39 is 48.4 Å². The Labute approximate surface area is 193 Å². The molecule has 0 aromatic heterocycles. The lowest BCUT2D eigenvalue weighted by Gasteiger charge is -2.47. The first kappa shape index (κ1) is 25.3. The molecule has 0 spiro atoms. The monoisotopic (exact) mass is 492 g/mol. The second-order valence-corrected chi connectivity index (χ2v) is 10.2. The fourth-order valence-electron chi connectivity index (χ4n) is 4.75. The highest BCUT2D eigenvalue weighted by atomic mass is 32.2. The van der Waals surface area contributed by atoms with Crippen LogP contribution in [0.25, 0.3) is 0 Å². The number of fused-ring (bicyclic) bond motifs is 1. The van der Waals surface area contributed by atoms with Crippen LogP contribution in [0.15, 0.2) is 10.6 Å². The van der Waals surface area contributed by atoms with Gasteiger partial charge in [0.15, 0.2) is 0 Å². The number of β-lactam (4-membered cyclic amide) rings is 1. The zero-order chi connectivity index (χ0) is 24.8. The molecular weight excluding hydrogens is 465 g/mol. The number of carboxylic acid groups (broad SMARTS) is 1. The molecule has 6 atom stereocenters. The lowest BCUT2D eigenvalue weighted by Crippen LogP contribution is -2.66. The van der Waals surface area contributed by atoms with Gasteiger partial charge in [0, 0.05) is 42.8 Å². The quantitative estimate of drug-likeness (QED) is 0.449. The summed E-state index contributed by atoms with van der Waals surface area (Å²) in [5, 5.41) is 15.1. The van der Waals surface area contributed by atoms with Crippen molar-refractivity contribution in [1.29, 1.82) is 0 Å². The summed E-state index contributed by atoms with van der Waals surface area (Å²) in [6.45, 7) is 3.71. The van der Waals surface area contributed by atoms with Crippen molar-refractivity contribution in [1.82, 2.24) is 20.4 Å². The Morgan fingerprint density at radius 1 is 1.33 bits per heavy atom. The van der Waals surface area contributed by atoms with Gasteiger partial charge in [0.2, 0.25) is 17.7 Å². The molecule has 13 heteroatoms. The van der Waals surface area contributed by atoms with E-state index in [2.05, 4.69) is 10.6 Å². The highest BCUT2D eigenvalue weighted by Crippen LogP contribution is 2.51. The number of carbonyl (C=O) groups is 4. The Bertz CT molecular complexity index is 893. The Morgan fingerprint density at radius 3 is 2.52 bits per heavy atom. The second-order valence-electron chi connectivity index (χ2n) is 8.85. The average molecular weight is 493 g/mol. The normalized spacial score (nSPS) is 30.1. The number of likely N-dealkylation sites (N-methyl/N-ethyl adjacent to an activating group) is 1. The highest BCUT2D eigenvalue weighted by Gasteiger charge is 2.60. The molecule has 0 unspecified atom stereocenters. The van der Waals surface area contributed by atoms with Crippen molar-refractivity contribution in [3.05, 3.63) is 10.6 Å². The Balaban J connectivity index is 1.72. The standard InChI is InChI=1S/C20H27F3N4O5S/c1-8-14-13(9(2)25-12(28)6-20(21,22)23)18(30)27(14)15(19(31)32)16(8)33-10-5-11(24-7-10)17(29)26(3)4/h8-11,13-14,24H,5-7H2,1-4H3,(H,25,28)(H,31,32)/t8-,9-,10+,11+,13-,14-/m1/s1. The van der Waals surface area contributed by atoms with Crippen molar-refractivity contribution in [3.8, 4) is 0 Å². The van der Waals surface area contributed by atoms with E-state index in [0.717, 1.165) is 0 Å². The smallest absolute Gasteiger partial charge is 0.397 e. The number of amides is 3. The van der Waals surface area contributed by atoms with Crippen molar-refractivity contribution < 1.29 is 37.5 Å². The molecule has 0 radical (unpaired) electrons. The Morgan fingerprint density at radius 2 is 1.97 bits per heavy atom. The molecular formula is C20H27F3N4O5S. The number of nitrogens with zero attached hydrogens (tertiary/aromatic N) is 2. The minimum Gasteiger partial charge on any atom is -0.477 e. The summed E-state index contributed by atoms with van der Waals surface area (Å²) in [5.41, 5.74) is -0.130.